The first-order valence-electron chi connectivity index (χ1n) is 7.16. The SMILES string of the molecule is Cc1ccccc1CSc1nccn(-c2ccc(Cl)cc2)c1=O. The van der Waals surface area contributed by atoms with Gasteiger partial charge in [0.05, 0.1) is 0 Å². The van der Waals surface area contributed by atoms with Crippen LogP contribution in [-0.4, -0.2) is 9.55 Å². The fourth-order valence-electron chi connectivity index (χ4n) is 2.22. The number of nitrogens with zero attached hydrogens (tertiary/aromatic N) is 2. The standard InChI is InChI=1S/C18H15ClN2OS/c1-13-4-2-3-5-14(13)12-23-17-18(22)21(11-10-20-17)16-8-6-15(19)7-9-16/h2-11H,12H2,1H3. The van der Waals surface area contributed by atoms with Crippen LogP contribution in [0.25, 0.3) is 5.69 Å². The van der Waals surface area contributed by atoms with Crippen molar-refractivity contribution in [3.8, 4) is 5.69 Å². The molecule has 0 atom stereocenters. The van der Waals surface area contributed by atoms with Crippen LogP contribution in [0.4, 0.5) is 0 Å². The maximum Gasteiger partial charge on any atom is 0.287 e. The van der Waals surface area contributed by atoms with Gasteiger partial charge in [-0.3, -0.25) is 9.36 Å². The van der Waals surface area contributed by atoms with Gasteiger partial charge >= 0.3 is 0 Å². The monoisotopic (exact) mass is 342 g/mol. The van der Waals surface area contributed by atoms with E-state index in [1.165, 1.54) is 22.9 Å². The number of halogens is 1. The van der Waals surface area contributed by atoms with Gasteiger partial charge in [0.2, 0.25) is 0 Å². The summed E-state index contributed by atoms with van der Waals surface area (Å²) in [7, 11) is 0. The molecule has 116 valence electrons. The van der Waals surface area contributed by atoms with Crippen LogP contribution in [0.3, 0.4) is 0 Å². The fraction of sp³-hybridized carbons (Fsp3) is 0.111. The van der Waals surface area contributed by atoms with Crippen molar-refractivity contribution < 1.29 is 0 Å². The van der Waals surface area contributed by atoms with Crippen molar-refractivity contribution in [1.29, 1.82) is 0 Å². The number of hydrogen-bond donors (Lipinski definition) is 0. The molecule has 3 nitrogen and oxygen atoms in total. The molecule has 2 aromatic carbocycles. The van der Waals surface area contributed by atoms with Crippen LogP contribution in [0.5, 0.6) is 0 Å². The zero-order chi connectivity index (χ0) is 16.2. The van der Waals surface area contributed by atoms with Crippen molar-refractivity contribution in [2.75, 3.05) is 0 Å². The zero-order valence-electron chi connectivity index (χ0n) is 12.6. The topological polar surface area (TPSA) is 34.9 Å². The predicted molar refractivity (Wildman–Crippen MR) is 95.6 cm³/mol. The molecular weight excluding hydrogens is 328 g/mol. The van der Waals surface area contributed by atoms with Crippen molar-refractivity contribution in [1.82, 2.24) is 9.55 Å². The van der Waals surface area contributed by atoms with E-state index in [1.807, 2.05) is 24.3 Å². The summed E-state index contributed by atoms with van der Waals surface area (Å²) < 4.78 is 1.59. The zero-order valence-corrected chi connectivity index (χ0v) is 14.1. The van der Waals surface area contributed by atoms with Crippen molar-refractivity contribution in [3.05, 3.63) is 87.4 Å². The largest absolute Gasteiger partial charge is 0.287 e. The van der Waals surface area contributed by atoms with E-state index >= 15 is 0 Å². The van der Waals surface area contributed by atoms with Gasteiger partial charge in [-0.1, -0.05) is 47.6 Å². The lowest BCUT2D eigenvalue weighted by Crippen LogP contribution is -2.20. The Hall–Kier alpha value is -2.04. The summed E-state index contributed by atoms with van der Waals surface area (Å²) in [6.45, 7) is 2.07. The van der Waals surface area contributed by atoms with E-state index in [9.17, 15) is 4.79 Å². The highest BCUT2D eigenvalue weighted by molar-refractivity contribution is 7.98. The Morgan fingerprint density at radius 2 is 1.87 bits per heavy atom. The molecule has 0 N–H and O–H groups in total. The Morgan fingerprint density at radius 3 is 2.61 bits per heavy atom. The Balaban J connectivity index is 1.87. The number of aryl methyl sites for hydroxylation is 1. The first-order chi connectivity index (χ1) is 11.1. The molecule has 0 amide bonds. The molecule has 0 fully saturated rings. The number of aromatic nitrogens is 2. The summed E-state index contributed by atoms with van der Waals surface area (Å²) in [6, 6.07) is 15.3. The van der Waals surface area contributed by atoms with E-state index in [4.69, 9.17) is 11.6 Å². The summed E-state index contributed by atoms with van der Waals surface area (Å²) in [4.78, 5) is 16.8. The van der Waals surface area contributed by atoms with Crippen molar-refractivity contribution in [3.63, 3.8) is 0 Å². The van der Waals surface area contributed by atoms with Gasteiger partial charge in [-0.25, -0.2) is 4.98 Å². The molecule has 5 heteroatoms. The Kier molecular flexibility index (Phi) is 4.84. The van der Waals surface area contributed by atoms with E-state index in [0.717, 1.165) is 11.4 Å². The Labute approximate surface area is 144 Å². The number of rotatable bonds is 4. The molecule has 3 rings (SSSR count). The maximum absolute atomic E-state index is 12.6. The minimum absolute atomic E-state index is 0.117. The first-order valence-corrected chi connectivity index (χ1v) is 8.52. The summed E-state index contributed by atoms with van der Waals surface area (Å²) in [5.74, 6) is 0.722. The van der Waals surface area contributed by atoms with Crippen LogP contribution >= 0.6 is 23.4 Å². The number of thioether (sulfide) groups is 1. The summed E-state index contributed by atoms with van der Waals surface area (Å²) in [5, 5.41) is 1.13. The van der Waals surface area contributed by atoms with E-state index in [-0.39, 0.29) is 5.56 Å². The van der Waals surface area contributed by atoms with Crippen LogP contribution < -0.4 is 5.56 Å². The highest BCUT2D eigenvalue weighted by atomic mass is 35.5. The molecule has 3 aromatic rings. The molecule has 0 spiro atoms. The highest BCUT2D eigenvalue weighted by Crippen LogP contribution is 2.20. The molecule has 0 unspecified atom stereocenters. The van der Waals surface area contributed by atoms with Gasteiger partial charge in [-0.2, -0.15) is 0 Å². The molecule has 0 saturated heterocycles. The smallest absolute Gasteiger partial charge is 0.280 e. The van der Waals surface area contributed by atoms with E-state index < -0.39 is 0 Å². The van der Waals surface area contributed by atoms with Crippen molar-refractivity contribution in [2.24, 2.45) is 0 Å². The number of hydrogen-bond acceptors (Lipinski definition) is 3. The van der Waals surface area contributed by atoms with Crippen LogP contribution in [0, 0.1) is 6.92 Å². The second-order valence-electron chi connectivity index (χ2n) is 5.10. The molecular formula is C18H15ClN2OS. The molecule has 0 radical (unpaired) electrons. The maximum atomic E-state index is 12.6. The van der Waals surface area contributed by atoms with Crippen LogP contribution in [-0.2, 0) is 5.75 Å². The predicted octanol–water partition coefficient (Wildman–Crippen LogP) is 4.49. The third kappa shape index (κ3) is 3.66. The van der Waals surface area contributed by atoms with E-state index in [2.05, 4.69) is 24.0 Å². The molecule has 0 bridgehead atoms. The second kappa shape index (κ2) is 7.02. The lowest BCUT2D eigenvalue weighted by molar-refractivity contribution is 0.882. The van der Waals surface area contributed by atoms with Gasteiger partial charge in [0.1, 0.15) is 0 Å². The minimum Gasteiger partial charge on any atom is -0.280 e. The highest BCUT2D eigenvalue weighted by Gasteiger charge is 2.08. The second-order valence-corrected chi connectivity index (χ2v) is 6.50. The van der Waals surface area contributed by atoms with Crippen LogP contribution in [0.15, 0.2) is 70.7 Å². The van der Waals surface area contributed by atoms with Gasteiger partial charge in [-0.15, -0.1) is 0 Å². The quantitative estimate of drug-likeness (QED) is 0.655. The lowest BCUT2D eigenvalue weighted by Gasteiger charge is -2.08. The third-order valence-electron chi connectivity index (χ3n) is 3.54. The summed E-state index contributed by atoms with van der Waals surface area (Å²) >= 11 is 7.35. The Bertz CT molecular complexity index is 875. The molecule has 0 aliphatic carbocycles. The van der Waals surface area contributed by atoms with Gasteiger partial charge in [-0.05, 0) is 42.3 Å². The summed E-state index contributed by atoms with van der Waals surface area (Å²) in [5.41, 5.74) is 3.09. The Morgan fingerprint density at radius 1 is 1.13 bits per heavy atom. The average molecular weight is 343 g/mol. The normalized spacial score (nSPS) is 10.7. The third-order valence-corrected chi connectivity index (χ3v) is 4.80. The first kappa shape index (κ1) is 15.8. The molecule has 0 aliphatic heterocycles. The molecule has 23 heavy (non-hydrogen) atoms. The average Bonchev–Trinajstić information content (AvgIpc) is 2.56. The molecule has 1 aromatic heterocycles. The van der Waals surface area contributed by atoms with Crippen molar-refractivity contribution in [2.45, 2.75) is 17.7 Å². The molecule has 0 saturated carbocycles. The van der Waals surface area contributed by atoms with E-state index in [1.54, 1.807) is 29.1 Å². The fourth-order valence-corrected chi connectivity index (χ4v) is 3.32. The lowest BCUT2D eigenvalue weighted by atomic mass is 10.1. The van der Waals surface area contributed by atoms with Gasteiger partial charge < -0.3 is 0 Å². The van der Waals surface area contributed by atoms with Crippen LogP contribution in [0.1, 0.15) is 11.1 Å². The van der Waals surface area contributed by atoms with Gasteiger partial charge in [0.15, 0.2) is 5.03 Å². The number of benzene rings is 2. The van der Waals surface area contributed by atoms with Crippen LogP contribution in [0.2, 0.25) is 5.02 Å². The molecule has 0 aliphatic rings. The van der Waals surface area contributed by atoms with Gasteiger partial charge in [0.25, 0.3) is 5.56 Å². The van der Waals surface area contributed by atoms with Gasteiger partial charge in [0, 0.05) is 28.9 Å². The summed E-state index contributed by atoms with van der Waals surface area (Å²) in [6.07, 6.45) is 3.32. The minimum atomic E-state index is -0.117. The molecule has 1 heterocycles. The van der Waals surface area contributed by atoms with E-state index in [0.29, 0.717) is 10.0 Å². The van der Waals surface area contributed by atoms with Crippen molar-refractivity contribution >= 4 is 23.4 Å².